The molecule has 0 spiro atoms. The molecule has 1 aromatic heterocycles. The van der Waals surface area contributed by atoms with Crippen molar-refractivity contribution in [2.24, 2.45) is 0 Å². The Hall–Kier alpha value is -1.58. The number of nitrogen functional groups attached to an aromatic ring is 1. The highest BCUT2D eigenvalue weighted by Crippen LogP contribution is 2.30. The van der Waals surface area contributed by atoms with Gasteiger partial charge in [-0.15, -0.1) is 0 Å². The van der Waals surface area contributed by atoms with Crippen molar-refractivity contribution in [3.8, 4) is 0 Å². The van der Waals surface area contributed by atoms with E-state index >= 15 is 0 Å². The number of anilines is 1. The number of aromatic nitrogens is 1. The minimum Gasteiger partial charge on any atom is -0.383 e. The van der Waals surface area contributed by atoms with Crippen molar-refractivity contribution < 1.29 is 0 Å². The smallest absolute Gasteiger partial charge is 0.128 e. The van der Waals surface area contributed by atoms with Gasteiger partial charge in [-0.3, -0.25) is 0 Å². The lowest BCUT2D eigenvalue weighted by Gasteiger charge is -2.21. The van der Waals surface area contributed by atoms with Gasteiger partial charge in [0.25, 0.3) is 0 Å². The Kier molecular flexibility index (Phi) is 4.18. The molecule has 3 nitrogen and oxygen atoms in total. The first kappa shape index (κ1) is 12.9. The summed E-state index contributed by atoms with van der Waals surface area (Å²) >= 11 is 6.26. The molecule has 1 aromatic carbocycles. The molecule has 3 N–H and O–H groups in total. The molecule has 4 heteroatoms. The third kappa shape index (κ3) is 2.63. The van der Waals surface area contributed by atoms with E-state index in [4.69, 9.17) is 17.3 Å². The number of benzene rings is 1. The van der Waals surface area contributed by atoms with E-state index in [9.17, 15) is 0 Å². The van der Waals surface area contributed by atoms with E-state index < -0.39 is 0 Å². The summed E-state index contributed by atoms with van der Waals surface area (Å²) in [7, 11) is 0. The largest absolute Gasteiger partial charge is 0.383 e. The number of nitrogens with zero attached hydrogens (tertiary/aromatic N) is 1. The molecule has 0 radical (unpaired) electrons. The fraction of sp³-hybridized carbons (Fsp3) is 0.214. The SMILES string of the molecule is CCNC(c1ccccc1Cl)c1cccnc1N. The van der Waals surface area contributed by atoms with Crippen molar-refractivity contribution in [1.82, 2.24) is 10.3 Å². The van der Waals surface area contributed by atoms with Crippen molar-refractivity contribution in [3.05, 3.63) is 58.7 Å². The van der Waals surface area contributed by atoms with Crippen LogP contribution >= 0.6 is 11.6 Å². The number of nitrogens with two attached hydrogens (primary N) is 1. The van der Waals surface area contributed by atoms with Crippen LogP contribution in [0.1, 0.15) is 24.1 Å². The second kappa shape index (κ2) is 5.85. The summed E-state index contributed by atoms with van der Waals surface area (Å²) in [5, 5.41) is 4.12. The molecule has 0 aliphatic rings. The maximum Gasteiger partial charge on any atom is 0.128 e. The number of hydrogen-bond donors (Lipinski definition) is 2. The molecule has 94 valence electrons. The van der Waals surface area contributed by atoms with Gasteiger partial charge in [0.1, 0.15) is 5.82 Å². The number of hydrogen-bond acceptors (Lipinski definition) is 3. The van der Waals surface area contributed by atoms with Gasteiger partial charge in [-0.2, -0.15) is 0 Å². The third-order valence-electron chi connectivity index (χ3n) is 2.81. The molecule has 1 unspecified atom stereocenters. The van der Waals surface area contributed by atoms with E-state index in [1.165, 1.54) is 0 Å². The molecule has 0 aliphatic heterocycles. The zero-order chi connectivity index (χ0) is 13.0. The molecular weight excluding hydrogens is 246 g/mol. The highest BCUT2D eigenvalue weighted by atomic mass is 35.5. The van der Waals surface area contributed by atoms with E-state index in [1.807, 2.05) is 36.4 Å². The predicted molar refractivity (Wildman–Crippen MR) is 75.6 cm³/mol. The summed E-state index contributed by atoms with van der Waals surface area (Å²) in [5.41, 5.74) is 7.91. The van der Waals surface area contributed by atoms with Crippen molar-refractivity contribution >= 4 is 17.4 Å². The highest BCUT2D eigenvalue weighted by Gasteiger charge is 2.18. The van der Waals surface area contributed by atoms with Crippen LogP contribution in [0.4, 0.5) is 5.82 Å². The van der Waals surface area contributed by atoms with Crippen LogP contribution in [0.15, 0.2) is 42.6 Å². The molecule has 0 saturated carbocycles. The van der Waals surface area contributed by atoms with Crippen LogP contribution in [0.3, 0.4) is 0 Å². The molecule has 0 aliphatic carbocycles. The first-order valence-corrected chi connectivity index (χ1v) is 6.30. The molecule has 1 heterocycles. The Morgan fingerprint density at radius 3 is 2.61 bits per heavy atom. The first-order chi connectivity index (χ1) is 8.74. The lowest BCUT2D eigenvalue weighted by atomic mass is 9.99. The van der Waals surface area contributed by atoms with E-state index in [0.717, 1.165) is 22.7 Å². The van der Waals surface area contributed by atoms with Gasteiger partial charge in [0, 0.05) is 16.8 Å². The molecule has 0 saturated heterocycles. The normalized spacial score (nSPS) is 12.3. The predicted octanol–water partition coefficient (Wildman–Crippen LogP) is 3.02. The summed E-state index contributed by atoms with van der Waals surface area (Å²) in [6.07, 6.45) is 1.69. The topological polar surface area (TPSA) is 50.9 Å². The molecule has 0 bridgehead atoms. The van der Waals surface area contributed by atoms with Gasteiger partial charge in [-0.05, 0) is 24.2 Å². The lowest BCUT2D eigenvalue weighted by Crippen LogP contribution is -2.23. The zero-order valence-electron chi connectivity index (χ0n) is 10.2. The average molecular weight is 262 g/mol. The van der Waals surface area contributed by atoms with Gasteiger partial charge in [-0.25, -0.2) is 4.98 Å². The Morgan fingerprint density at radius 1 is 1.22 bits per heavy atom. The molecular formula is C14H16ClN3. The van der Waals surface area contributed by atoms with Gasteiger partial charge >= 0.3 is 0 Å². The van der Waals surface area contributed by atoms with Gasteiger partial charge < -0.3 is 11.1 Å². The van der Waals surface area contributed by atoms with Crippen LogP contribution < -0.4 is 11.1 Å². The number of nitrogens with one attached hydrogen (secondary N) is 1. The fourth-order valence-electron chi connectivity index (χ4n) is 1.97. The molecule has 0 amide bonds. The Bertz CT molecular complexity index is 482. The summed E-state index contributed by atoms with van der Waals surface area (Å²) < 4.78 is 0. The lowest BCUT2D eigenvalue weighted by molar-refractivity contribution is 0.631. The van der Waals surface area contributed by atoms with Crippen molar-refractivity contribution in [2.75, 3.05) is 12.3 Å². The van der Waals surface area contributed by atoms with Gasteiger partial charge in [0.05, 0.1) is 6.04 Å². The summed E-state index contributed by atoms with van der Waals surface area (Å²) in [4.78, 5) is 4.13. The van der Waals surface area contributed by atoms with Crippen LogP contribution in [-0.4, -0.2) is 11.5 Å². The van der Waals surface area contributed by atoms with Crippen LogP contribution in [0.2, 0.25) is 5.02 Å². The van der Waals surface area contributed by atoms with Gasteiger partial charge in [0.2, 0.25) is 0 Å². The zero-order valence-corrected chi connectivity index (χ0v) is 11.0. The Labute approximate surface area is 112 Å². The van der Waals surface area contributed by atoms with E-state index in [1.54, 1.807) is 6.20 Å². The average Bonchev–Trinajstić information content (AvgIpc) is 2.38. The van der Waals surface area contributed by atoms with Crippen LogP contribution in [0.25, 0.3) is 0 Å². The number of pyridine rings is 1. The maximum absolute atomic E-state index is 6.26. The summed E-state index contributed by atoms with van der Waals surface area (Å²) in [6.45, 7) is 2.88. The third-order valence-corrected chi connectivity index (χ3v) is 3.15. The second-order valence-corrected chi connectivity index (χ2v) is 4.40. The van der Waals surface area contributed by atoms with Crippen molar-refractivity contribution in [2.45, 2.75) is 13.0 Å². The van der Waals surface area contributed by atoms with Gasteiger partial charge in [0.15, 0.2) is 0 Å². The molecule has 2 rings (SSSR count). The Balaban J connectivity index is 2.47. The standard InChI is InChI=1S/C14H16ClN3/c1-2-17-13(10-6-3-4-8-12(10)15)11-7-5-9-18-14(11)16/h3-9,13,17H,2H2,1H3,(H2,16,18). The van der Waals surface area contributed by atoms with Crippen molar-refractivity contribution in [1.29, 1.82) is 0 Å². The first-order valence-electron chi connectivity index (χ1n) is 5.92. The van der Waals surface area contributed by atoms with E-state index in [0.29, 0.717) is 5.82 Å². The molecule has 1 atom stereocenters. The maximum atomic E-state index is 6.26. The quantitative estimate of drug-likeness (QED) is 0.890. The monoisotopic (exact) mass is 261 g/mol. The summed E-state index contributed by atoms with van der Waals surface area (Å²) in [5.74, 6) is 0.531. The minimum absolute atomic E-state index is 0.0302. The highest BCUT2D eigenvalue weighted by molar-refractivity contribution is 6.31. The van der Waals surface area contributed by atoms with Crippen LogP contribution in [-0.2, 0) is 0 Å². The van der Waals surface area contributed by atoms with Gasteiger partial charge in [-0.1, -0.05) is 42.8 Å². The fourth-order valence-corrected chi connectivity index (χ4v) is 2.22. The van der Waals surface area contributed by atoms with Crippen LogP contribution in [0.5, 0.6) is 0 Å². The minimum atomic E-state index is -0.0302. The number of rotatable bonds is 4. The van der Waals surface area contributed by atoms with Crippen molar-refractivity contribution in [3.63, 3.8) is 0 Å². The molecule has 18 heavy (non-hydrogen) atoms. The number of halogens is 1. The van der Waals surface area contributed by atoms with E-state index in [2.05, 4.69) is 17.2 Å². The molecule has 0 fully saturated rings. The summed E-state index contributed by atoms with van der Waals surface area (Å²) in [6, 6.07) is 11.6. The second-order valence-electron chi connectivity index (χ2n) is 3.99. The van der Waals surface area contributed by atoms with Crippen LogP contribution in [0, 0.1) is 0 Å². The Morgan fingerprint density at radius 2 is 1.94 bits per heavy atom. The van der Waals surface area contributed by atoms with E-state index in [-0.39, 0.29) is 6.04 Å². The molecule has 2 aromatic rings.